The minimum atomic E-state index is -0.511. The maximum atomic E-state index is 12.4. The van der Waals surface area contributed by atoms with Crippen molar-refractivity contribution in [3.8, 4) is 0 Å². The van der Waals surface area contributed by atoms with Crippen molar-refractivity contribution in [2.45, 2.75) is 32.4 Å². The first kappa shape index (κ1) is 16.6. The molecule has 0 unspecified atom stereocenters. The van der Waals surface area contributed by atoms with Gasteiger partial charge in [-0.15, -0.1) is 5.10 Å². The van der Waals surface area contributed by atoms with Gasteiger partial charge in [0.1, 0.15) is 11.9 Å². The number of rotatable bonds is 5. The summed E-state index contributed by atoms with van der Waals surface area (Å²) in [6, 6.07) is 10.2. The highest BCUT2D eigenvalue weighted by Gasteiger charge is 2.27. The fourth-order valence-electron chi connectivity index (χ4n) is 2.63. The molecule has 0 bridgehead atoms. The lowest BCUT2D eigenvalue weighted by Crippen LogP contribution is -2.47. The van der Waals surface area contributed by atoms with Crippen molar-refractivity contribution >= 4 is 11.9 Å². The summed E-state index contributed by atoms with van der Waals surface area (Å²) in [5.41, 5.74) is 1.23. The van der Waals surface area contributed by atoms with Gasteiger partial charge in [0.15, 0.2) is 0 Å². The van der Waals surface area contributed by atoms with E-state index < -0.39 is 6.10 Å². The molecule has 24 heavy (non-hydrogen) atoms. The van der Waals surface area contributed by atoms with E-state index >= 15 is 0 Å². The average molecular weight is 329 g/mol. The maximum Gasteiger partial charge on any atom is 0.257 e. The van der Waals surface area contributed by atoms with Crippen molar-refractivity contribution < 1.29 is 9.53 Å². The zero-order chi connectivity index (χ0) is 16.9. The third kappa shape index (κ3) is 4.18. The predicted octanol–water partition coefficient (Wildman–Crippen LogP) is 1.77. The molecule has 0 radical (unpaired) electrons. The molecule has 1 saturated heterocycles. The van der Waals surface area contributed by atoms with Gasteiger partial charge in [0.05, 0.1) is 6.61 Å². The summed E-state index contributed by atoms with van der Waals surface area (Å²) in [5.74, 6) is 1.07. The summed E-state index contributed by atoms with van der Waals surface area (Å²) in [7, 11) is 0. The first-order valence-corrected chi connectivity index (χ1v) is 8.23. The molecule has 1 amide bonds. The van der Waals surface area contributed by atoms with Crippen LogP contribution in [0.4, 0.5) is 5.95 Å². The van der Waals surface area contributed by atoms with Gasteiger partial charge in [0.2, 0.25) is 5.95 Å². The van der Waals surface area contributed by atoms with Crippen molar-refractivity contribution in [1.82, 2.24) is 20.1 Å². The molecule has 1 aliphatic rings. The molecule has 3 rings (SSSR count). The van der Waals surface area contributed by atoms with Crippen LogP contribution >= 0.6 is 0 Å². The Hall–Kier alpha value is -2.25. The van der Waals surface area contributed by atoms with Crippen molar-refractivity contribution in [3.05, 3.63) is 41.7 Å². The van der Waals surface area contributed by atoms with E-state index in [1.54, 1.807) is 0 Å². The van der Waals surface area contributed by atoms with Crippen LogP contribution in [0, 0.1) is 0 Å². The van der Waals surface area contributed by atoms with E-state index in [9.17, 15) is 4.79 Å². The second-order valence-electron chi connectivity index (χ2n) is 6.27. The number of hydrogen-bond acceptors (Lipinski definition) is 5. The Balaban J connectivity index is 1.56. The standard InChI is InChI=1S/C17H23N5O2/c1-12(2)15-18-17(21-20-15)19-16(23)14-11-22(8-9-24-14)10-13-6-4-3-5-7-13/h3-7,12,14H,8-11H2,1-2H3,(H2,18,19,20,21,23)/t14-/m1/s1. The van der Waals surface area contributed by atoms with Crippen molar-refractivity contribution in [2.24, 2.45) is 0 Å². The van der Waals surface area contributed by atoms with Gasteiger partial charge in [-0.25, -0.2) is 0 Å². The minimum Gasteiger partial charge on any atom is -0.366 e. The predicted molar refractivity (Wildman–Crippen MR) is 90.6 cm³/mol. The van der Waals surface area contributed by atoms with E-state index in [1.165, 1.54) is 5.56 Å². The van der Waals surface area contributed by atoms with Gasteiger partial charge in [-0.05, 0) is 5.56 Å². The molecule has 1 aliphatic heterocycles. The molecule has 0 aliphatic carbocycles. The number of anilines is 1. The molecule has 1 aromatic carbocycles. The fourth-order valence-corrected chi connectivity index (χ4v) is 2.63. The Bertz CT molecular complexity index is 671. The number of hydrogen-bond donors (Lipinski definition) is 2. The third-order valence-corrected chi connectivity index (χ3v) is 3.98. The van der Waals surface area contributed by atoms with Crippen LogP contribution < -0.4 is 5.32 Å². The molecule has 2 heterocycles. The number of nitrogens with zero attached hydrogens (tertiary/aromatic N) is 3. The number of ether oxygens (including phenoxy) is 1. The summed E-state index contributed by atoms with van der Waals surface area (Å²) in [5, 5.41) is 9.58. The number of carbonyl (C=O) groups is 1. The normalized spacial score (nSPS) is 18.7. The first-order valence-electron chi connectivity index (χ1n) is 8.23. The molecule has 1 fully saturated rings. The third-order valence-electron chi connectivity index (χ3n) is 3.98. The van der Waals surface area contributed by atoms with E-state index in [2.05, 4.69) is 37.5 Å². The van der Waals surface area contributed by atoms with Crippen LogP contribution in [0.3, 0.4) is 0 Å². The highest BCUT2D eigenvalue weighted by Crippen LogP contribution is 2.13. The van der Waals surface area contributed by atoms with Crippen LogP contribution in [0.2, 0.25) is 0 Å². The summed E-state index contributed by atoms with van der Waals surface area (Å²) >= 11 is 0. The van der Waals surface area contributed by atoms with Crippen LogP contribution in [-0.2, 0) is 16.1 Å². The van der Waals surface area contributed by atoms with E-state index in [4.69, 9.17) is 4.74 Å². The molecule has 1 aromatic heterocycles. The number of morpholine rings is 1. The molecule has 0 spiro atoms. The Labute approximate surface area is 141 Å². The van der Waals surface area contributed by atoms with E-state index in [0.717, 1.165) is 18.9 Å². The maximum absolute atomic E-state index is 12.4. The molecule has 0 saturated carbocycles. The lowest BCUT2D eigenvalue weighted by atomic mass is 10.2. The van der Waals surface area contributed by atoms with E-state index in [1.807, 2.05) is 32.0 Å². The monoisotopic (exact) mass is 329 g/mol. The highest BCUT2D eigenvalue weighted by molar-refractivity contribution is 5.92. The topological polar surface area (TPSA) is 83.1 Å². The minimum absolute atomic E-state index is 0.206. The zero-order valence-electron chi connectivity index (χ0n) is 14.0. The molecular weight excluding hydrogens is 306 g/mol. The Kier molecular flexibility index (Phi) is 5.22. The first-order chi connectivity index (χ1) is 11.6. The number of nitrogens with one attached hydrogen (secondary N) is 2. The second kappa shape index (κ2) is 7.55. The largest absolute Gasteiger partial charge is 0.366 e. The van der Waals surface area contributed by atoms with Gasteiger partial charge in [0, 0.05) is 25.6 Å². The summed E-state index contributed by atoms with van der Waals surface area (Å²) in [6.07, 6.45) is -0.511. The van der Waals surface area contributed by atoms with E-state index in [0.29, 0.717) is 19.1 Å². The molecule has 7 nitrogen and oxygen atoms in total. The van der Waals surface area contributed by atoms with Gasteiger partial charge < -0.3 is 4.74 Å². The Morgan fingerprint density at radius 3 is 2.92 bits per heavy atom. The van der Waals surface area contributed by atoms with Gasteiger partial charge in [0.25, 0.3) is 5.91 Å². The summed E-state index contributed by atoms with van der Waals surface area (Å²) in [4.78, 5) is 18.9. The number of aromatic nitrogens is 3. The van der Waals surface area contributed by atoms with Gasteiger partial charge >= 0.3 is 0 Å². The lowest BCUT2D eigenvalue weighted by Gasteiger charge is -2.31. The number of benzene rings is 1. The van der Waals surface area contributed by atoms with Crippen LogP contribution in [0.15, 0.2) is 30.3 Å². The van der Waals surface area contributed by atoms with Crippen LogP contribution in [0.25, 0.3) is 0 Å². The Morgan fingerprint density at radius 2 is 2.21 bits per heavy atom. The molecule has 2 N–H and O–H groups in total. The van der Waals surface area contributed by atoms with Gasteiger partial charge in [-0.3, -0.25) is 20.1 Å². The summed E-state index contributed by atoms with van der Waals surface area (Å²) < 4.78 is 5.61. The second-order valence-corrected chi connectivity index (χ2v) is 6.27. The summed E-state index contributed by atoms with van der Waals surface area (Å²) in [6.45, 7) is 6.75. The van der Waals surface area contributed by atoms with Crippen LogP contribution in [0.1, 0.15) is 31.2 Å². The Morgan fingerprint density at radius 1 is 1.42 bits per heavy atom. The number of carbonyl (C=O) groups excluding carboxylic acids is 1. The molecular formula is C17H23N5O2. The van der Waals surface area contributed by atoms with Crippen molar-refractivity contribution in [1.29, 1.82) is 0 Å². The molecule has 7 heteroatoms. The zero-order valence-corrected chi connectivity index (χ0v) is 14.0. The van der Waals surface area contributed by atoms with Crippen molar-refractivity contribution in [2.75, 3.05) is 25.0 Å². The van der Waals surface area contributed by atoms with Gasteiger partial charge in [-0.1, -0.05) is 44.2 Å². The van der Waals surface area contributed by atoms with E-state index in [-0.39, 0.29) is 11.8 Å². The quantitative estimate of drug-likeness (QED) is 0.873. The molecule has 2 aromatic rings. The SMILES string of the molecule is CC(C)c1nc(NC(=O)[C@H]2CN(Cc3ccccc3)CCO2)n[nH]1. The van der Waals surface area contributed by atoms with Crippen molar-refractivity contribution in [3.63, 3.8) is 0 Å². The van der Waals surface area contributed by atoms with Gasteiger partial charge in [-0.2, -0.15) is 4.98 Å². The smallest absolute Gasteiger partial charge is 0.257 e. The lowest BCUT2D eigenvalue weighted by molar-refractivity contribution is -0.133. The number of amides is 1. The fraction of sp³-hybridized carbons (Fsp3) is 0.471. The van der Waals surface area contributed by atoms with Crippen LogP contribution in [-0.4, -0.2) is 51.8 Å². The molecule has 1 atom stereocenters. The van der Waals surface area contributed by atoms with Crippen LogP contribution in [0.5, 0.6) is 0 Å². The molecule has 128 valence electrons. The average Bonchev–Trinajstić information content (AvgIpc) is 3.05. The highest BCUT2D eigenvalue weighted by atomic mass is 16.5. The number of H-pyrrole nitrogens is 1. The number of aromatic amines is 1.